The number of aromatic nitrogens is 2. The van der Waals surface area contributed by atoms with Gasteiger partial charge >= 0.3 is 0 Å². The molecule has 7 nitrogen and oxygen atoms in total. The molecular formula is C18H21N5O2. The highest BCUT2D eigenvalue weighted by Crippen LogP contribution is 2.17. The predicted molar refractivity (Wildman–Crippen MR) is 92.5 cm³/mol. The Morgan fingerprint density at radius 3 is 2.68 bits per heavy atom. The zero-order chi connectivity index (χ0) is 17.8. The molecule has 2 heterocycles. The maximum Gasteiger partial charge on any atom is 0.257 e. The second-order valence-corrected chi connectivity index (χ2v) is 6.15. The van der Waals surface area contributed by atoms with E-state index in [1.165, 1.54) is 12.5 Å². The SMILES string of the molecule is Cc1ncncc1C(=O)N1CCN(Cc2ccccc2)C(C(N)=O)C1. The molecule has 1 aliphatic rings. The van der Waals surface area contributed by atoms with E-state index >= 15 is 0 Å². The zero-order valence-electron chi connectivity index (χ0n) is 14.1. The zero-order valence-corrected chi connectivity index (χ0v) is 14.1. The van der Waals surface area contributed by atoms with E-state index in [1.54, 1.807) is 11.8 Å². The predicted octanol–water partition coefficient (Wildman–Crippen LogP) is 0.597. The minimum Gasteiger partial charge on any atom is -0.368 e. The molecule has 2 amide bonds. The van der Waals surface area contributed by atoms with E-state index in [2.05, 4.69) is 9.97 Å². The first-order valence-corrected chi connectivity index (χ1v) is 8.19. The Morgan fingerprint density at radius 2 is 2.00 bits per heavy atom. The van der Waals surface area contributed by atoms with Gasteiger partial charge in [0, 0.05) is 32.4 Å². The van der Waals surface area contributed by atoms with Crippen LogP contribution in [-0.2, 0) is 11.3 Å². The molecule has 3 rings (SSSR count). The van der Waals surface area contributed by atoms with Crippen molar-refractivity contribution in [1.82, 2.24) is 19.8 Å². The van der Waals surface area contributed by atoms with Crippen LogP contribution < -0.4 is 5.73 Å². The number of carbonyl (C=O) groups excluding carboxylic acids is 2. The number of amides is 2. The molecule has 0 aliphatic carbocycles. The molecule has 1 aliphatic heterocycles. The fourth-order valence-electron chi connectivity index (χ4n) is 3.05. The number of rotatable bonds is 4. The molecule has 7 heteroatoms. The van der Waals surface area contributed by atoms with Gasteiger partial charge in [-0.2, -0.15) is 0 Å². The molecule has 1 saturated heterocycles. The maximum absolute atomic E-state index is 12.7. The molecule has 25 heavy (non-hydrogen) atoms. The largest absolute Gasteiger partial charge is 0.368 e. The fraction of sp³-hybridized carbons (Fsp3) is 0.333. The smallest absolute Gasteiger partial charge is 0.257 e. The van der Waals surface area contributed by atoms with Gasteiger partial charge < -0.3 is 10.6 Å². The van der Waals surface area contributed by atoms with E-state index in [9.17, 15) is 9.59 Å². The van der Waals surface area contributed by atoms with Crippen LogP contribution in [0.5, 0.6) is 0 Å². The number of aryl methyl sites for hydroxylation is 1. The second-order valence-electron chi connectivity index (χ2n) is 6.15. The van der Waals surface area contributed by atoms with Gasteiger partial charge in [-0.1, -0.05) is 30.3 Å². The highest BCUT2D eigenvalue weighted by atomic mass is 16.2. The van der Waals surface area contributed by atoms with Gasteiger partial charge in [0.25, 0.3) is 5.91 Å². The third-order valence-electron chi connectivity index (χ3n) is 4.48. The Bertz CT molecular complexity index is 765. The van der Waals surface area contributed by atoms with Gasteiger partial charge in [0.1, 0.15) is 12.4 Å². The van der Waals surface area contributed by atoms with Gasteiger partial charge in [0.15, 0.2) is 0 Å². The van der Waals surface area contributed by atoms with Crippen molar-refractivity contribution >= 4 is 11.8 Å². The summed E-state index contributed by atoms with van der Waals surface area (Å²) in [5.41, 5.74) is 7.80. The molecule has 1 aromatic carbocycles. The highest BCUT2D eigenvalue weighted by molar-refractivity contribution is 5.95. The molecule has 0 spiro atoms. The monoisotopic (exact) mass is 339 g/mol. The summed E-state index contributed by atoms with van der Waals surface area (Å²) in [6.45, 7) is 3.79. The van der Waals surface area contributed by atoms with Crippen molar-refractivity contribution < 1.29 is 9.59 Å². The molecule has 130 valence electrons. The van der Waals surface area contributed by atoms with Crippen molar-refractivity contribution in [2.24, 2.45) is 5.73 Å². The minimum atomic E-state index is -0.511. The average molecular weight is 339 g/mol. The molecule has 0 bridgehead atoms. The molecule has 1 atom stereocenters. The number of benzene rings is 1. The van der Waals surface area contributed by atoms with Crippen molar-refractivity contribution in [2.75, 3.05) is 19.6 Å². The molecule has 1 unspecified atom stereocenters. The fourth-order valence-corrected chi connectivity index (χ4v) is 3.05. The normalized spacial score (nSPS) is 18.1. The van der Waals surface area contributed by atoms with Crippen LogP contribution in [0.15, 0.2) is 42.9 Å². The van der Waals surface area contributed by atoms with E-state index in [0.717, 1.165) is 5.56 Å². The second kappa shape index (κ2) is 7.40. The van der Waals surface area contributed by atoms with Crippen LogP contribution in [0.2, 0.25) is 0 Å². The van der Waals surface area contributed by atoms with Crippen molar-refractivity contribution in [3.05, 3.63) is 59.7 Å². The van der Waals surface area contributed by atoms with E-state index in [-0.39, 0.29) is 12.5 Å². The van der Waals surface area contributed by atoms with Gasteiger partial charge in [-0.3, -0.25) is 14.5 Å². The maximum atomic E-state index is 12.7. The van der Waals surface area contributed by atoms with Gasteiger partial charge in [0.2, 0.25) is 5.91 Å². The Kier molecular flexibility index (Phi) is 5.04. The standard InChI is InChI=1S/C18H21N5O2/c1-13-15(9-20-12-21-13)18(25)23-8-7-22(16(11-23)17(19)24)10-14-5-3-2-4-6-14/h2-6,9,12,16H,7-8,10-11H2,1H3,(H2,19,24). The van der Waals surface area contributed by atoms with E-state index in [0.29, 0.717) is 30.9 Å². The quantitative estimate of drug-likeness (QED) is 0.880. The van der Waals surface area contributed by atoms with Crippen LogP contribution in [-0.4, -0.2) is 57.3 Å². The van der Waals surface area contributed by atoms with Crippen LogP contribution >= 0.6 is 0 Å². The van der Waals surface area contributed by atoms with Gasteiger partial charge in [-0.05, 0) is 12.5 Å². The van der Waals surface area contributed by atoms with Crippen molar-refractivity contribution in [3.8, 4) is 0 Å². The van der Waals surface area contributed by atoms with E-state index < -0.39 is 11.9 Å². The van der Waals surface area contributed by atoms with Gasteiger partial charge in [-0.15, -0.1) is 0 Å². The number of hydrogen-bond donors (Lipinski definition) is 1. The average Bonchev–Trinajstić information content (AvgIpc) is 2.62. The van der Waals surface area contributed by atoms with Crippen LogP contribution in [0.1, 0.15) is 21.6 Å². The number of piperazine rings is 1. The molecule has 2 N–H and O–H groups in total. The van der Waals surface area contributed by atoms with Gasteiger partial charge in [0.05, 0.1) is 11.3 Å². The lowest BCUT2D eigenvalue weighted by atomic mass is 10.1. The summed E-state index contributed by atoms with van der Waals surface area (Å²) in [7, 11) is 0. The Hall–Kier alpha value is -2.80. The summed E-state index contributed by atoms with van der Waals surface area (Å²) in [5, 5.41) is 0. The third-order valence-corrected chi connectivity index (χ3v) is 4.48. The van der Waals surface area contributed by atoms with Crippen LogP contribution in [0.25, 0.3) is 0 Å². The van der Waals surface area contributed by atoms with Gasteiger partial charge in [-0.25, -0.2) is 9.97 Å². The number of primary amides is 1. The topological polar surface area (TPSA) is 92.4 Å². The number of nitrogens with zero attached hydrogens (tertiary/aromatic N) is 4. The molecule has 0 radical (unpaired) electrons. The summed E-state index contributed by atoms with van der Waals surface area (Å²) in [4.78, 5) is 36.3. The van der Waals surface area contributed by atoms with Crippen molar-refractivity contribution in [1.29, 1.82) is 0 Å². The summed E-state index contributed by atoms with van der Waals surface area (Å²) in [6, 6.07) is 9.40. The Labute approximate surface area is 146 Å². The number of carbonyl (C=O) groups is 2. The minimum absolute atomic E-state index is 0.163. The van der Waals surface area contributed by atoms with Crippen molar-refractivity contribution in [2.45, 2.75) is 19.5 Å². The van der Waals surface area contributed by atoms with E-state index in [1.807, 2.05) is 35.2 Å². The first kappa shape index (κ1) is 17.0. The number of nitrogens with two attached hydrogens (primary N) is 1. The van der Waals surface area contributed by atoms with Crippen LogP contribution in [0.4, 0.5) is 0 Å². The lowest BCUT2D eigenvalue weighted by Gasteiger charge is -2.40. The Morgan fingerprint density at radius 1 is 1.24 bits per heavy atom. The summed E-state index contributed by atoms with van der Waals surface area (Å²) >= 11 is 0. The summed E-state index contributed by atoms with van der Waals surface area (Å²) in [5.74, 6) is -0.585. The highest BCUT2D eigenvalue weighted by Gasteiger charge is 2.33. The third kappa shape index (κ3) is 3.83. The lowest BCUT2D eigenvalue weighted by molar-refractivity contribution is -0.125. The van der Waals surface area contributed by atoms with E-state index in [4.69, 9.17) is 5.73 Å². The Balaban J connectivity index is 1.74. The molecule has 0 saturated carbocycles. The molecule has 2 aromatic rings. The first-order valence-electron chi connectivity index (χ1n) is 8.19. The first-order chi connectivity index (χ1) is 12.1. The summed E-state index contributed by atoms with van der Waals surface area (Å²) < 4.78 is 0. The molecule has 1 fully saturated rings. The lowest BCUT2D eigenvalue weighted by Crippen LogP contribution is -2.58. The van der Waals surface area contributed by atoms with Crippen molar-refractivity contribution in [3.63, 3.8) is 0 Å². The van der Waals surface area contributed by atoms with Crippen LogP contribution in [0.3, 0.4) is 0 Å². The molecular weight excluding hydrogens is 318 g/mol. The summed E-state index contributed by atoms with van der Waals surface area (Å²) in [6.07, 6.45) is 2.93. The van der Waals surface area contributed by atoms with Crippen LogP contribution in [0, 0.1) is 6.92 Å². The number of hydrogen-bond acceptors (Lipinski definition) is 5. The molecule has 1 aromatic heterocycles.